The lowest BCUT2D eigenvalue weighted by atomic mass is 9.77. The summed E-state index contributed by atoms with van der Waals surface area (Å²) in [6, 6.07) is 47.5. The third-order valence-electron chi connectivity index (χ3n) is 9.27. The smallest absolute Gasteiger partial charge is 0.287 e. The average Bonchev–Trinajstić information content (AvgIpc) is 3.75. The van der Waals surface area contributed by atoms with Gasteiger partial charge in [-0.2, -0.15) is 5.10 Å². The lowest BCUT2D eigenvalue weighted by Crippen LogP contribution is -2.38. The summed E-state index contributed by atoms with van der Waals surface area (Å²) in [6.45, 7) is 4.03. The van der Waals surface area contributed by atoms with Crippen molar-refractivity contribution in [3.63, 3.8) is 0 Å². The van der Waals surface area contributed by atoms with E-state index in [0.717, 1.165) is 49.9 Å². The van der Waals surface area contributed by atoms with Crippen LogP contribution in [0.25, 0.3) is 33.2 Å². The number of amides is 1. The van der Waals surface area contributed by atoms with Crippen molar-refractivity contribution in [3.05, 3.63) is 186 Å². The standard InChI is InChI=1S/C42H34N6O/c1-28-18-20-30(21-19-28)29(2)44-41(49)40-45-36-26-35-38(27-37(36)46-40)48(47-39(35)31-22-24-43-25-23-31)42(32-12-6-3-7-13-32,33-14-8-4-9-15-33)34-16-10-5-11-17-34/h3-27,29H,1-2H3,(H,44,49)(H,45,46)/t29-/m1/s1. The molecule has 3 aromatic heterocycles. The molecule has 7 heteroatoms. The Labute approximate surface area is 284 Å². The van der Waals surface area contributed by atoms with Gasteiger partial charge in [0, 0.05) is 23.3 Å². The van der Waals surface area contributed by atoms with E-state index in [1.165, 1.54) is 5.56 Å². The Morgan fingerprint density at radius 2 is 1.33 bits per heavy atom. The lowest BCUT2D eigenvalue weighted by Gasteiger charge is -2.37. The number of H-pyrrole nitrogens is 1. The van der Waals surface area contributed by atoms with Crippen molar-refractivity contribution in [3.8, 4) is 11.3 Å². The molecule has 0 spiro atoms. The first kappa shape index (κ1) is 30.0. The van der Waals surface area contributed by atoms with Crippen LogP contribution in [0.1, 0.15) is 51.4 Å². The quantitative estimate of drug-likeness (QED) is 0.163. The first-order chi connectivity index (χ1) is 24.0. The Balaban J connectivity index is 1.37. The molecule has 2 N–H and O–H groups in total. The van der Waals surface area contributed by atoms with Gasteiger partial charge in [-0.15, -0.1) is 0 Å². The van der Waals surface area contributed by atoms with Gasteiger partial charge in [0.25, 0.3) is 5.91 Å². The molecule has 0 bridgehead atoms. The van der Waals surface area contributed by atoms with Crippen LogP contribution in [-0.4, -0.2) is 30.6 Å². The number of imidazole rings is 1. The van der Waals surface area contributed by atoms with Crippen LogP contribution in [0.5, 0.6) is 0 Å². The highest BCUT2D eigenvalue weighted by atomic mass is 16.2. The summed E-state index contributed by atoms with van der Waals surface area (Å²) in [5.74, 6) is -0.0106. The second-order valence-electron chi connectivity index (χ2n) is 12.4. The van der Waals surface area contributed by atoms with E-state index in [-0.39, 0.29) is 17.8 Å². The van der Waals surface area contributed by atoms with Crippen LogP contribution in [0.3, 0.4) is 0 Å². The highest BCUT2D eigenvalue weighted by Gasteiger charge is 2.41. The predicted molar refractivity (Wildman–Crippen MR) is 194 cm³/mol. The fraction of sp³-hybridized carbons (Fsp3) is 0.0952. The number of nitrogens with one attached hydrogen (secondary N) is 2. The van der Waals surface area contributed by atoms with Gasteiger partial charge in [-0.1, -0.05) is 121 Å². The molecule has 7 nitrogen and oxygen atoms in total. The minimum Gasteiger partial charge on any atom is -0.343 e. The van der Waals surface area contributed by atoms with Crippen molar-refractivity contribution >= 4 is 27.8 Å². The molecule has 0 aliphatic heterocycles. The highest BCUT2D eigenvalue weighted by Crippen LogP contribution is 2.44. The summed E-state index contributed by atoms with van der Waals surface area (Å²) in [4.78, 5) is 25.9. The van der Waals surface area contributed by atoms with Gasteiger partial charge in [0.15, 0.2) is 5.82 Å². The van der Waals surface area contributed by atoms with Gasteiger partial charge in [-0.25, -0.2) is 9.67 Å². The number of aryl methyl sites for hydroxylation is 1. The fourth-order valence-electron chi connectivity index (χ4n) is 6.81. The molecule has 1 atom stereocenters. The third kappa shape index (κ3) is 5.26. The molecule has 0 unspecified atom stereocenters. The molecule has 0 saturated heterocycles. The van der Waals surface area contributed by atoms with Crippen LogP contribution >= 0.6 is 0 Å². The molecule has 5 aromatic carbocycles. The second kappa shape index (κ2) is 12.4. The van der Waals surface area contributed by atoms with Crippen LogP contribution in [0, 0.1) is 6.92 Å². The number of hydrogen-bond acceptors (Lipinski definition) is 4. The largest absolute Gasteiger partial charge is 0.343 e. The Morgan fingerprint density at radius 3 is 1.90 bits per heavy atom. The van der Waals surface area contributed by atoms with E-state index in [0.29, 0.717) is 5.52 Å². The van der Waals surface area contributed by atoms with Gasteiger partial charge in [0.2, 0.25) is 0 Å². The number of nitrogens with zero attached hydrogens (tertiary/aromatic N) is 4. The summed E-state index contributed by atoms with van der Waals surface area (Å²) in [6.07, 6.45) is 3.56. The van der Waals surface area contributed by atoms with Gasteiger partial charge >= 0.3 is 0 Å². The molecule has 3 heterocycles. The third-order valence-corrected chi connectivity index (χ3v) is 9.27. The normalized spacial score (nSPS) is 12.3. The summed E-state index contributed by atoms with van der Waals surface area (Å²) < 4.78 is 2.14. The number of aromatic amines is 1. The van der Waals surface area contributed by atoms with E-state index in [9.17, 15) is 4.79 Å². The van der Waals surface area contributed by atoms with Crippen LogP contribution in [0.4, 0.5) is 0 Å². The van der Waals surface area contributed by atoms with Crippen molar-refractivity contribution in [1.29, 1.82) is 0 Å². The summed E-state index contributed by atoms with van der Waals surface area (Å²) in [7, 11) is 0. The van der Waals surface area contributed by atoms with Crippen molar-refractivity contribution in [1.82, 2.24) is 30.0 Å². The number of carbonyl (C=O) groups excluding carboxylic acids is 1. The first-order valence-electron chi connectivity index (χ1n) is 16.4. The fourth-order valence-corrected chi connectivity index (χ4v) is 6.81. The highest BCUT2D eigenvalue weighted by molar-refractivity contribution is 6.03. The van der Waals surface area contributed by atoms with Gasteiger partial charge in [0.05, 0.1) is 22.6 Å². The maximum absolute atomic E-state index is 13.5. The second-order valence-corrected chi connectivity index (χ2v) is 12.4. The minimum atomic E-state index is -0.843. The molecule has 238 valence electrons. The van der Waals surface area contributed by atoms with E-state index in [1.54, 1.807) is 12.4 Å². The van der Waals surface area contributed by atoms with Crippen molar-refractivity contribution < 1.29 is 4.79 Å². The number of pyridine rings is 1. The summed E-state index contributed by atoms with van der Waals surface area (Å²) in [5.41, 5.74) is 8.59. The monoisotopic (exact) mass is 638 g/mol. The number of fused-ring (bicyclic) bond motifs is 2. The molecule has 8 aromatic rings. The Bertz CT molecular complexity index is 2290. The van der Waals surface area contributed by atoms with Crippen molar-refractivity contribution in [2.24, 2.45) is 0 Å². The van der Waals surface area contributed by atoms with Crippen molar-refractivity contribution in [2.45, 2.75) is 25.4 Å². The average molecular weight is 639 g/mol. The zero-order valence-electron chi connectivity index (χ0n) is 27.2. The van der Waals surface area contributed by atoms with E-state index >= 15 is 0 Å². The maximum atomic E-state index is 13.5. The lowest BCUT2D eigenvalue weighted by molar-refractivity contribution is 0.0930. The molecule has 0 radical (unpaired) electrons. The van der Waals surface area contributed by atoms with Crippen LogP contribution in [-0.2, 0) is 5.54 Å². The summed E-state index contributed by atoms with van der Waals surface area (Å²) >= 11 is 0. The van der Waals surface area contributed by atoms with E-state index in [1.807, 2.05) is 62.4 Å². The molecule has 49 heavy (non-hydrogen) atoms. The Morgan fingerprint density at radius 1 is 0.755 bits per heavy atom. The van der Waals surface area contributed by atoms with Gasteiger partial charge in [0.1, 0.15) is 11.2 Å². The van der Waals surface area contributed by atoms with Gasteiger partial charge in [-0.3, -0.25) is 9.78 Å². The van der Waals surface area contributed by atoms with E-state index in [2.05, 4.69) is 111 Å². The number of benzene rings is 5. The molecular formula is C42H34N6O. The molecule has 8 rings (SSSR count). The topological polar surface area (TPSA) is 88.5 Å². The van der Waals surface area contributed by atoms with Crippen LogP contribution in [0.15, 0.2) is 152 Å². The van der Waals surface area contributed by atoms with Crippen LogP contribution < -0.4 is 5.32 Å². The van der Waals surface area contributed by atoms with Gasteiger partial charge < -0.3 is 10.3 Å². The number of hydrogen-bond donors (Lipinski definition) is 2. The summed E-state index contributed by atoms with van der Waals surface area (Å²) in [5, 5.41) is 9.49. The zero-order valence-corrected chi connectivity index (χ0v) is 27.2. The maximum Gasteiger partial charge on any atom is 0.287 e. The SMILES string of the molecule is Cc1ccc([C@@H](C)NC(=O)c2nc3cc4c(-c5ccncc5)nn(C(c5ccccc5)(c5ccccc5)c5ccccc5)c4cc3[nH]2)cc1. The Kier molecular flexibility index (Phi) is 7.57. The van der Waals surface area contributed by atoms with Crippen molar-refractivity contribution in [2.75, 3.05) is 0 Å². The molecule has 0 aliphatic carbocycles. The number of rotatable bonds is 8. The number of carbonyl (C=O) groups is 1. The zero-order chi connectivity index (χ0) is 33.4. The van der Waals surface area contributed by atoms with Crippen LogP contribution in [0.2, 0.25) is 0 Å². The van der Waals surface area contributed by atoms with Gasteiger partial charge in [-0.05, 0) is 60.4 Å². The first-order valence-corrected chi connectivity index (χ1v) is 16.4. The van der Waals surface area contributed by atoms with E-state index < -0.39 is 5.54 Å². The molecule has 0 fully saturated rings. The molecule has 1 amide bonds. The molecule has 0 saturated carbocycles. The minimum absolute atomic E-state index is 0.185. The Hall–Kier alpha value is -6.34. The molecule has 0 aliphatic rings. The number of aromatic nitrogens is 5. The molecular weight excluding hydrogens is 605 g/mol. The predicted octanol–water partition coefficient (Wildman–Crippen LogP) is 8.61. The van der Waals surface area contributed by atoms with E-state index in [4.69, 9.17) is 10.1 Å².